The first kappa shape index (κ1) is 12.4. The molecule has 0 unspecified atom stereocenters. The van der Waals surface area contributed by atoms with E-state index in [9.17, 15) is 0 Å². The molecule has 0 spiro atoms. The van der Waals surface area contributed by atoms with Crippen molar-refractivity contribution in [2.75, 3.05) is 5.32 Å². The van der Waals surface area contributed by atoms with Gasteiger partial charge in [0.1, 0.15) is 4.99 Å². The molecule has 0 saturated carbocycles. The van der Waals surface area contributed by atoms with E-state index in [2.05, 4.69) is 15.5 Å². The fourth-order valence-electron chi connectivity index (χ4n) is 1.66. The van der Waals surface area contributed by atoms with Gasteiger partial charge in [-0.1, -0.05) is 30.4 Å². The Morgan fingerprint density at radius 3 is 2.44 bits per heavy atom. The molecule has 0 fully saturated rings. The van der Waals surface area contributed by atoms with Crippen LogP contribution in [0.4, 0.5) is 11.5 Å². The van der Waals surface area contributed by atoms with E-state index in [1.54, 1.807) is 0 Å². The molecule has 0 aliphatic heterocycles. The first-order chi connectivity index (χ1) is 8.59. The Labute approximate surface area is 111 Å². The summed E-state index contributed by atoms with van der Waals surface area (Å²) in [5.41, 5.74) is 9.22. The van der Waals surface area contributed by atoms with Crippen LogP contribution in [0.5, 0.6) is 0 Å². The molecule has 0 saturated heterocycles. The number of para-hydroxylation sites is 1. The third-order valence-electron chi connectivity index (χ3n) is 2.74. The van der Waals surface area contributed by atoms with Crippen LogP contribution in [-0.2, 0) is 0 Å². The van der Waals surface area contributed by atoms with Crippen molar-refractivity contribution in [3.05, 3.63) is 47.2 Å². The van der Waals surface area contributed by atoms with Crippen LogP contribution in [0, 0.1) is 13.8 Å². The first-order valence-corrected chi connectivity index (χ1v) is 5.96. The number of aromatic nitrogens is 2. The number of benzene rings is 1. The number of nitrogens with zero attached hydrogens (tertiary/aromatic N) is 2. The Bertz CT molecular complexity index is 581. The quantitative estimate of drug-likeness (QED) is 0.828. The summed E-state index contributed by atoms with van der Waals surface area (Å²) in [7, 11) is 0. The fraction of sp³-hybridized carbons (Fsp3) is 0.154. The van der Waals surface area contributed by atoms with Crippen molar-refractivity contribution in [3.8, 4) is 0 Å². The van der Waals surface area contributed by atoms with Gasteiger partial charge in [-0.3, -0.25) is 0 Å². The number of aryl methyl sites for hydroxylation is 1. The number of nitrogens with two attached hydrogens (primary N) is 1. The normalized spacial score (nSPS) is 10.1. The maximum atomic E-state index is 5.76. The van der Waals surface area contributed by atoms with Gasteiger partial charge in [-0.2, -0.15) is 5.10 Å². The van der Waals surface area contributed by atoms with Crippen LogP contribution in [-0.4, -0.2) is 15.2 Å². The highest BCUT2D eigenvalue weighted by molar-refractivity contribution is 7.80. The van der Waals surface area contributed by atoms with Crippen molar-refractivity contribution >= 4 is 28.7 Å². The van der Waals surface area contributed by atoms with E-state index in [0.29, 0.717) is 10.8 Å². The molecule has 92 valence electrons. The summed E-state index contributed by atoms with van der Waals surface area (Å²) in [5.74, 6) is 0.594. The van der Waals surface area contributed by atoms with Crippen molar-refractivity contribution in [2.24, 2.45) is 5.73 Å². The van der Waals surface area contributed by atoms with Gasteiger partial charge < -0.3 is 11.1 Å². The topological polar surface area (TPSA) is 63.8 Å². The highest BCUT2D eigenvalue weighted by atomic mass is 32.1. The average Bonchev–Trinajstić information content (AvgIpc) is 2.35. The molecule has 4 nitrogen and oxygen atoms in total. The number of nitrogens with one attached hydrogen (secondary N) is 1. The van der Waals surface area contributed by atoms with Gasteiger partial charge in [0.25, 0.3) is 0 Å². The summed E-state index contributed by atoms with van der Waals surface area (Å²) in [4.78, 5) is 0.323. The van der Waals surface area contributed by atoms with E-state index in [0.717, 1.165) is 22.5 Å². The van der Waals surface area contributed by atoms with Crippen molar-refractivity contribution in [3.63, 3.8) is 0 Å². The molecule has 2 aromatic rings. The molecule has 1 aromatic carbocycles. The van der Waals surface area contributed by atoms with Crippen LogP contribution in [0.15, 0.2) is 30.3 Å². The molecule has 0 aliphatic carbocycles. The zero-order chi connectivity index (χ0) is 13.1. The van der Waals surface area contributed by atoms with Gasteiger partial charge in [0, 0.05) is 5.69 Å². The van der Waals surface area contributed by atoms with Gasteiger partial charge in [-0.05, 0) is 31.5 Å². The Hall–Kier alpha value is -2.01. The van der Waals surface area contributed by atoms with E-state index in [1.165, 1.54) is 0 Å². The lowest BCUT2D eigenvalue weighted by Gasteiger charge is -2.13. The summed E-state index contributed by atoms with van der Waals surface area (Å²) in [6.07, 6.45) is 0. The fourth-order valence-corrected chi connectivity index (χ4v) is 1.91. The summed E-state index contributed by atoms with van der Waals surface area (Å²) >= 11 is 5.08. The van der Waals surface area contributed by atoms with E-state index in [4.69, 9.17) is 18.0 Å². The molecule has 0 aliphatic rings. The number of thiocarbonyl (C=S) groups is 1. The standard InChI is InChI=1S/C13H14N4S/c1-8-9(2)16-17-13(11(8)12(14)18)15-10-6-4-3-5-7-10/h3-7H,1-2H3,(H2,14,18)(H,15,17). The van der Waals surface area contributed by atoms with Gasteiger partial charge in [-0.15, -0.1) is 5.10 Å². The van der Waals surface area contributed by atoms with Crippen molar-refractivity contribution in [1.29, 1.82) is 0 Å². The second kappa shape index (κ2) is 5.10. The molecule has 0 atom stereocenters. The van der Waals surface area contributed by atoms with Crippen molar-refractivity contribution in [2.45, 2.75) is 13.8 Å². The third-order valence-corrected chi connectivity index (χ3v) is 2.94. The highest BCUT2D eigenvalue weighted by Gasteiger charge is 2.13. The molecule has 2 rings (SSSR count). The van der Waals surface area contributed by atoms with Gasteiger partial charge >= 0.3 is 0 Å². The lowest BCUT2D eigenvalue weighted by molar-refractivity contribution is 0.963. The van der Waals surface area contributed by atoms with Crippen molar-refractivity contribution in [1.82, 2.24) is 10.2 Å². The van der Waals surface area contributed by atoms with Crippen LogP contribution in [0.1, 0.15) is 16.8 Å². The summed E-state index contributed by atoms with van der Waals surface area (Å²) in [6.45, 7) is 3.82. The second-order valence-corrected chi connectivity index (χ2v) is 4.43. The lowest BCUT2D eigenvalue weighted by atomic mass is 10.1. The summed E-state index contributed by atoms with van der Waals surface area (Å²) in [5, 5.41) is 11.4. The molecule has 18 heavy (non-hydrogen) atoms. The molecule has 1 heterocycles. The maximum Gasteiger partial charge on any atom is 0.163 e. The monoisotopic (exact) mass is 258 g/mol. The highest BCUT2D eigenvalue weighted by Crippen LogP contribution is 2.21. The molecule has 0 amide bonds. The van der Waals surface area contributed by atoms with Crippen LogP contribution < -0.4 is 11.1 Å². The van der Waals surface area contributed by atoms with E-state index in [1.807, 2.05) is 44.2 Å². The van der Waals surface area contributed by atoms with Gasteiger partial charge in [0.05, 0.1) is 11.3 Å². The van der Waals surface area contributed by atoms with E-state index < -0.39 is 0 Å². The zero-order valence-electron chi connectivity index (χ0n) is 10.3. The summed E-state index contributed by atoms with van der Waals surface area (Å²) < 4.78 is 0. The minimum Gasteiger partial charge on any atom is -0.389 e. The minimum atomic E-state index is 0.323. The first-order valence-electron chi connectivity index (χ1n) is 5.55. The second-order valence-electron chi connectivity index (χ2n) is 3.99. The Morgan fingerprint density at radius 1 is 1.17 bits per heavy atom. The van der Waals surface area contributed by atoms with E-state index in [-0.39, 0.29) is 0 Å². The Balaban J connectivity index is 2.45. The molecular weight excluding hydrogens is 244 g/mol. The third kappa shape index (κ3) is 2.46. The minimum absolute atomic E-state index is 0.323. The largest absolute Gasteiger partial charge is 0.389 e. The SMILES string of the molecule is Cc1nnc(Nc2ccccc2)c(C(N)=S)c1C. The van der Waals surface area contributed by atoms with Gasteiger partial charge in [0.2, 0.25) is 0 Å². The summed E-state index contributed by atoms with van der Waals surface area (Å²) in [6, 6.07) is 9.72. The molecule has 0 radical (unpaired) electrons. The molecular formula is C13H14N4S. The average molecular weight is 258 g/mol. The zero-order valence-corrected chi connectivity index (χ0v) is 11.1. The van der Waals surface area contributed by atoms with Gasteiger partial charge in [0.15, 0.2) is 5.82 Å². The van der Waals surface area contributed by atoms with Crippen LogP contribution in [0.25, 0.3) is 0 Å². The maximum absolute atomic E-state index is 5.76. The number of hydrogen-bond donors (Lipinski definition) is 2. The predicted octanol–water partition coefficient (Wildman–Crippen LogP) is 2.47. The molecule has 3 N–H and O–H groups in total. The van der Waals surface area contributed by atoms with Crippen molar-refractivity contribution < 1.29 is 0 Å². The van der Waals surface area contributed by atoms with E-state index >= 15 is 0 Å². The smallest absolute Gasteiger partial charge is 0.163 e. The lowest BCUT2D eigenvalue weighted by Crippen LogP contribution is -2.16. The van der Waals surface area contributed by atoms with Crippen LogP contribution in [0.2, 0.25) is 0 Å². The number of hydrogen-bond acceptors (Lipinski definition) is 4. The Kier molecular flexibility index (Phi) is 3.53. The van der Waals surface area contributed by atoms with Gasteiger partial charge in [-0.25, -0.2) is 0 Å². The molecule has 5 heteroatoms. The van der Waals surface area contributed by atoms with Crippen LogP contribution >= 0.6 is 12.2 Å². The molecule has 0 bridgehead atoms. The predicted molar refractivity (Wildman–Crippen MR) is 77.1 cm³/mol. The number of anilines is 2. The number of rotatable bonds is 3. The molecule has 1 aromatic heterocycles. The van der Waals surface area contributed by atoms with Crippen LogP contribution in [0.3, 0.4) is 0 Å². The Morgan fingerprint density at radius 2 is 1.83 bits per heavy atom.